The average molecular weight is 399 g/mol. The number of para-hydroxylation sites is 1. The maximum absolute atomic E-state index is 12.7. The van der Waals surface area contributed by atoms with E-state index in [0.29, 0.717) is 27.4 Å². The number of rotatable bonds is 3. The maximum Gasteiger partial charge on any atom is 0.274 e. The van der Waals surface area contributed by atoms with Crippen LogP contribution in [0.1, 0.15) is 21.9 Å². The zero-order valence-corrected chi connectivity index (χ0v) is 16.1. The first-order valence-corrected chi connectivity index (χ1v) is 9.25. The number of carbonyl (C=O) groups is 1. The van der Waals surface area contributed by atoms with Gasteiger partial charge in [0.25, 0.3) is 5.91 Å². The second-order valence-electron chi connectivity index (χ2n) is 6.24. The fraction of sp³-hybridized carbons (Fsp3) is 0.150. The Bertz CT molecular complexity index is 1040. The van der Waals surface area contributed by atoms with Gasteiger partial charge in [0, 0.05) is 18.3 Å². The summed E-state index contributed by atoms with van der Waals surface area (Å²) in [6, 6.07) is 15.0. The van der Waals surface area contributed by atoms with Gasteiger partial charge < -0.3 is 10.2 Å². The molecule has 5 nitrogen and oxygen atoms in total. The van der Waals surface area contributed by atoms with E-state index in [1.54, 1.807) is 31.2 Å². The second-order valence-corrected chi connectivity index (χ2v) is 7.03. The number of benzene rings is 2. The van der Waals surface area contributed by atoms with Crippen molar-refractivity contribution in [2.75, 3.05) is 16.8 Å². The summed E-state index contributed by atoms with van der Waals surface area (Å²) >= 11 is 12.2. The van der Waals surface area contributed by atoms with Crippen molar-refractivity contribution in [3.63, 3.8) is 0 Å². The number of anilines is 3. The Kier molecular flexibility index (Phi) is 4.72. The Morgan fingerprint density at radius 2 is 1.93 bits per heavy atom. The van der Waals surface area contributed by atoms with Gasteiger partial charge in [-0.3, -0.25) is 4.79 Å². The van der Waals surface area contributed by atoms with Crippen molar-refractivity contribution < 1.29 is 4.79 Å². The maximum atomic E-state index is 12.7. The number of carbonyl (C=O) groups excluding carboxylic acids is 1. The van der Waals surface area contributed by atoms with Crippen LogP contribution < -0.4 is 10.2 Å². The molecule has 0 spiro atoms. The quantitative estimate of drug-likeness (QED) is 0.671. The Hall–Kier alpha value is -2.63. The third-order valence-electron chi connectivity index (χ3n) is 4.42. The molecule has 136 valence electrons. The number of hydrogen-bond acceptors (Lipinski definition) is 4. The summed E-state index contributed by atoms with van der Waals surface area (Å²) in [4.78, 5) is 23.6. The van der Waals surface area contributed by atoms with E-state index in [1.807, 2.05) is 12.1 Å². The van der Waals surface area contributed by atoms with Crippen molar-refractivity contribution in [2.45, 2.75) is 13.3 Å². The minimum absolute atomic E-state index is 0.276. The van der Waals surface area contributed by atoms with E-state index >= 15 is 0 Å². The van der Waals surface area contributed by atoms with Crippen LogP contribution in [0.5, 0.6) is 0 Å². The summed E-state index contributed by atoms with van der Waals surface area (Å²) in [6.07, 6.45) is 0.943. The fourth-order valence-corrected chi connectivity index (χ4v) is 3.52. The third-order valence-corrected chi connectivity index (χ3v) is 5.24. The highest BCUT2D eigenvalue weighted by Crippen LogP contribution is 2.34. The lowest BCUT2D eigenvalue weighted by Crippen LogP contribution is -2.19. The number of aromatic nitrogens is 2. The molecule has 1 aromatic heterocycles. The van der Waals surface area contributed by atoms with Crippen LogP contribution in [0.15, 0.2) is 48.5 Å². The molecule has 4 rings (SSSR count). The molecule has 7 heteroatoms. The number of halogens is 2. The van der Waals surface area contributed by atoms with Crippen LogP contribution in [0.4, 0.5) is 17.2 Å². The van der Waals surface area contributed by atoms with E-state index in [0.717, 1.165) is 18.7 Å². The van der Waals surface area contributed by atoms with Crippen LogP contribution in [-0.4, -0.2) is 22.4 Å². The summed E-state index contributed by atoms with van der Waals surface area (Å²) in [5.74, 6) is 0.868. The molecule has 1 aliphatic heterocycles. The average Bonchev–Trinajstić information content (AvgIpc) is 3.09. The van der Waals surface area contributed by atoms with Gasteiger partial charge in [-0.2, -0.15) is 0 Å². The molecule has 3 aromatic rings. The zero-order valence-electron chi connectivity index (χ0n) is 14.5. The summed E-state index contributed by atoms with van der Waals surface area (Å²) in [7, 11) is 0. The van der Waals surface area contributed by atoms with Crippen molar-refractivity contribution in [3.8, 4) is 0 Å². The SMILES string of the molecule is Cc1nc(C(=O)Nc2cccc(Cl)c2Cl)cc(N2CCc3ccccc32)n1. The number of nitrogens with one attached hydrogen (secondary N) is 1. The molecule has 1 aliphatic rings. The summed E-state index contributed by atoms with van der Waals surface area (Å²) in [6.45, 7) is 2.59. The van der Waals surface area contributed by atoms with Gasteiger partial charge in [-0.15, -0.1) is 0 Å². The van der Waals surface area contributed by atoms with Crippen molar-refractivity contribution in [3.05, 3.63) is 75.7 Å². The number of nitrogens with zero attached hydrogens (tertiary/aromatic N) is 3. The van der Waals surface area contributed by atoms with E-state index in [4.69, 9.17) is 23.2 Å². The lowest BCUT2D eigenvalue weighted by Gasteiger charge is -2.19. The monoisotopic (exact) mass is 398 g/mol. The molecule has 0 atom stereocenters. The number of amides is 1. The van der Waals surface area contributed by atoms with Gasteiger partial charge in [-0.1, -0.05) is 47.5 Å². The molecule has 27 heavy (non-hydrogen) atoms. The minimum atomic E-state index is -0.363. The molecule has 1 N–H and O–H groups in total. The van der Waals surface area contributed by atoms with Crippen molar-refractivity contribution in [1.82, 2.24) is 9.97 Å². The number of aryl methyl sites for hydroxylation is 1. The molecular weight excluding hydrogens is 383 g/mol. The molecule has 0 fully saturated rings. The highest BCUT2D eigenvalue weighted by atomic mass is 35.5. The summed E-state index contributed by atoms with van der Waals surface area (Å²) in [5.41, 5.74) is 3.10. The lowest BCUT2D eigenvalue weighted by atomic mass is 10.2. The highest BCUT2D eigenvalue weighted by molar-refractivity contribution is 6.44. The smallest absolute Gasteiger partial charge is 0.274 e. The Balaban J connectivity index is 1.65. The standard InChI is InChI=1S/C20H16Cl2N4O/c1-12-23-16(20(27)25-15-7-4-6-14(21)19(15)22)11-18(24-12)26-10-9-13-5-2-3-8-17(13)26/h2-8,11H,9-10H2,1H3,(H,25,27). The molecule has 1 amide bonds. The Morgan fingerprint density at radius 3 is 2.78 bits per heavy atom. The van der Waals surface area contributed by atoms with Gasteiger partial charge in [0.15, 0.2) is 0 Å². The summed E-state index contributed by atoms with van der Waals surface area (Å²) in [5, 5.41) is 3.44. The van der Waals surface area contributed by atoms with Gasteiger partial charge in [0.05, 0.1) is 15.7 Å². The van der Waals surface area contributed by atoms with Gasteiger partial charge in [-0.05, 0) is 37.1 Å². The zero-order chi connectivity index (χ0) is 19.0. The predicted molar refractivity (Wildman–Crippen MR) is 108 cm³/mol. The number of hydrogen-bond donors (Lipinski definition) is 1. The molecule has 2 aromatic carbocycles. The van der Waals surface area contributed by atoms with Crippen LogP contribution >= 0.6 is 23.2 Å². The third kappa shape index (κ3) is 3.48. The van der Waals surface area contributed by atoms with Gasteiger partial charge in [0.1, 0.15) is 17.3 Å². The molecule has 0 bridgehead atoms. The normalized spacial score (nSPS) is 12.8. The van der Waals surface area contributed by atoms with Crippen LogP contribution in [-0.2, 0) is 6.42 Å². The highest BCUT2D eigenvalue weighted by Gasteiger charge is 2.23. The topological polar surface area (TPSA) is 58.1 Å². The van der Waals surface area contributed by atoms with Gasteiger partial charge in [0.2, 0.25) is 0 Å². The predicted octanol–water partition coefficient (Wildman–Crippen LogP) is 5.04. The number of fused-ring (bicyclic) bond motifs is 1. The van der Waals surface area contributed by atoms with Crippen LogP contribution in [0.25, 0.3) is 0 Å². The van der Waals surface area contributed by atoms with Gasteiger partial charge >= 0.3 is 0 Å². The van der Waals surface area contributed by atoms with E-state index in [-0.39, 0.29) is 11.6 Å². The van der Waals surface area contributed by atoms with Crippen LogP contribution in [0, 0.1) is 6.92 Å². The first-order valence-electron chi connectivity index (χ1n) is 8.49. The van der Waals surface area contributed by atoms with Crippen molar-refractivity contribution in [2.24, 2.45) is 0 Å². The first kappa shape index (κ1) is 17.8. The fourth-order valence-electron chi connectivity index (χ4n) is 3.17. The molecule has 0 saturated carbocycles. The van der Waals surface area contributed by atoms with E-state index < -0.39 is 0 Å². The second kappa shape index (κ2) is 7.18. The Morgan fingerprint density at radius 1 is 1.11 bits per heavy atom. The van der Waals surface area contributed by atoms with Crippen LogP contribution in [0.2, 0.25) is 10.0 Å². The van der Waals surface area contributed by atoms with E-state index in [1.165, 1.54) is 5.56 Å². The minimum Gasteiger partial charge on any atom is -0.326 e. The van der Waals surface area contributed by atoms with Gasteiger partial charge in [-0.25, -0.2) is 9.97 Å². The lowest BCUT2D eigenvalue weighted by molar-refractivity contribution is 0.102. The van der Waals surface area contributed by atoms with E-state index in [2.05, 4.69) is 32.3 Å². The molecule has 0 aliphatic carbocycles. The largest absolute Gasteiger partial charge is 0.326 e. The molecule has 0 unspecified atom stereocenters. The molecule has 2 heterocycles. The van der Waals surface area contributed by atoms with Crippen molar-refractivity contribution >= 4 is 46.3 Å². The molecule has 0 radical (unpaired) electrons. The summed E-state index contributed by atoms with van der Waals surface area (Å²) < 4.78 is 0. The van der Waals surface area contributed by atoms with Crippen LogP contribution in [0.3, 0.4) is 0 Å². The Labute approximate surface area is 167 Å². The van der Waals surface area contributed by atoms with E-state index in [9.17, 15) is 4.79 Å². The molecule has 0 saturated heterocycles. The molecular formula is C20H16Cl2N4O. The van der Waals surface area contributed by atoms with Crippen molar-refractivity contribution in [1.29, 1.82) is 0 Å². The first-order chi connectivity index (χ1) is 13.0.